The quantitative estimate of drug-likeness (QED) is 0.448. The van der Waals surface area contributed by atoms with Crippen LogP contribution < -0.4 is 5.73 Å². The molecule has 0 atom stereocenters. The molecule has 3 N–H and O–H groups in total. The number of rotatable bonds is 6. The number of carbonyl (C=O) groups is 2. The molecule has 4 heteroatoms. The summed E-state index contributed by atoms with van der Waals surface area (Å²) in [4.78, 5) is 22.5. The van der Waals surface area contributed by atoms with Crippen LogP contribution in [0.25, 0.3) is 0 Å². The molecule has 0 saturated carbocycles. The number of anilines is 1. The van der Waals surface area contributed by atoms with Crippen molar-refractivity contribution >= 4 is 17.4 Å². The molecule has 0 aliphatic rings. The number of para-hydroxylation sites is 1. The van der Waals surface area contributed by atoms with E-state index in [-0.39, 0.29) is 5.78 Å². The summed E-state index contributed by atoms with van der Waals surface area (Å²) in [6.07, 6.45) is 2.29. The van der Waals surface area contributed by atoms with E-state index in [9.17, 15) is 9.59 Å². The number of aryl methyl sites for hydroxylation is 2. The van der Waals surface area contributed by atoms with Crippen LogP contribution in [-0.2, 0) is 19.3 Å². The Morgan fingerprint density at radius 1 is 0.759 bits per heavy atom. The Balaban J connectivity index is 0.000000234. The predicted octanol–water partition coefficient (Wildman–Crippen LogP) is 5.20. The molecule has 0 unspecified atom stereocenters. The van der Waals surface area contributed by atoms with Gasteiger partial charge in [-0.25, -0.2) is 4.79 Å². The predicted molar refractivity (Wildman–Crippen MR) is 117 cm³/mol. The molecular formula is C25H27NO3. The third kappa shape index (κ3) is 6.61. The van der Waals surface area contributed by atoms with E-state index in [1.54, 1.807) is 12.1 Å². The van der Waals surface area contributed by atoms with Crippen molar-refractivity contribution < 1.29 is 14.7 Å². The van der Waals surface area contributed by atoms with Crippen LogP contribution in [0.5, 0.6) is 0 Å². The summed E-state index contributed by atoms with van der Waals surface area (Å²) in [6, 6.07) is 22.2. The molecule has 0 fully saturated rings. The Labute approximate surface area is 172 Å². The van der Waals surface area contributed by atoms with Gasteiger partial charge in [0.1, 0.15) is 0 Å². The fraction of sp³-hybridized carbons (Fsp3) is 0.200. The average Bonchev–Trinajstić information content (AvgIpc) is 2.76. The molecule has 0 aliphatic carbocycles. The van der Waals surface area contributed by atoms with Crippen molar-refractivity contribution in [2.24, 2.45) is 0 Å². The van der Waals surface area contributed by atoms with E-state index in [1.165, 1.54) is 5.56 Å². The zero-order valence-electron chi connectivity index (χ0n) is 16.9. The lowest BCUT2D eigenvalue weighted by atomic mass is 10.0. The highest BCUT2D eigenvalue weighted by Gasteiger charge is 2.08. The smallest absolute Gasteiger partial charge is 0.335 e. The number of Topliss-reactive ketones (excluding diaryl/α,β-unsaturated/α-hetero) is 1. The molecule has 0 saturated heterocycles. The van der Waals surface area contributed by atoms with Gasteiger partial charge in [-0.3, -0.25) is 4.79 Å². The number of hydrogen-bond donors (Lipinski definition) is 2. The van der Waals surface area contributed by atoms with Gasteiger partial charge in [0.2, 0.25) is 0 Å². The van der Waals surface area contributed by atoms with Gasteiger partial charge in [0.25, 0.3) is 0 Å². The minimum atomic E-state index is -0.868. The first kappa shape index (κ1) is 21.9. The van der Waals surface area contributed by atoms with Gasteiger partial charge in [0.05, 0.1) is 5.56 Å². The Morgan fingerprint density at radius 3 is 1.69 bits per heavy atom. The van der Waals surface area contributed by atoms with Crippen molar-refractivity contribution in [2.75, 3.05) is 5.73 Å². The summed E-state index contributed by atoms with van der Waals surface area (Å²) in [5.41, 5.74) is 10.9. The van der Waals surface area contributed by atoms with E-state index in [4.69, 9.17) is 10.8 Å². The van der Waals surface area contributed by atoms with E-state index in [0.29, 0.717) is 17.7 Å². The monoisotopic (exact) mass is 389 g/mol. The first-order valence-electron chi connectivity index (χ1n) is 9.72. The number of nitrogen functional groups attached to an aromatic ring is 1. The summed E-state index contributed by atoms with van der Waals surface area (Å²) < 4.78 is 0. The molecule has 3 aromatic rings. The van der Waals surface area contributed by atoms with Gasteiger partial charge in [-0.2, -0.15) is 0 Å². The molecule has 4 nitrogen and oxygen atoms in total. The van der Waals surface area contributed by atoms with Crippen molar-refractivity contribution in [3.8, 4) is 0 Å². The van der Waals surface area contributed by atoms with Crippen LogP contribution in [0.2, 0.25) is 0 Å². The second-order valence-electron chi connectivity index (χ2n) is 6.70. The summed E-state index contributed by atoms with van der Waals surface area (Å²) in [5, 5.41) is 8.55. The lowest BCUT2D eigenvalue weighted by molar-refractivity contribution is 0.0696. The second kappa shape index (κ2) is 10.8. The summed E-state index contributed by atoms with van der Waals surface area (Å²) in [6.45, 7) is 4.14. The third-order valence-corrected chi connectivity index (χ3v) is 4.70. The maximum atomic E-state index is 12.1. The van der Waals surface area contributed by atoms with Crippen molar-refractivity contribution in [3.63, 3.8) is 0 Å². The molecule has 0 amide bonds. The zero-order chi connectivity index (χ0) is 21.2. The van der Waals surface area contributed by atoms with Crippen molar-refractivity contribution in [3.05, 3.63) is 101 Å². The van der Waals surface area contributed by atoms with Gasteiger partial charge >= 0.3 is 5.97 Å². The maximum absolute atomic E-state index is 12.1. The molecule has 0 aliphatic heterocycles. The highest BCUT2D eigenvalue weighted by Crippen LogP contribution is 2.15. The van der Waals surface area contributed by atoms with Crippen LogP contribution in [0, 0.1) is 0 Å². The van der Waals surface area contributed by atoms with Gasteiger partial charge in [0.15, 0.2) is 5.78 Å². The fourth-order valence-corrected chi connectivity index (χ4v) is 2.78. The number of carboxylic acid groups (broad SMARTS) is 1. The minimum Gasteiger partial charge on any atom is -0.478 e. The number of aromatic carboxylic acids is 1. The van der Waals surface area contributed by atoms with E-state index < -0.39 is 5.97 Å². The van der Waals surface area contributed by atoms with E-state index in [2.05, 4.69) is 6.92 Å². The normalized spacial score (nSPS) is 10.0. The second-order valence-corrected chi connectivity index (χ2v) is 6.70. The molecule has 0 bridgehead atoms. The number of hydrogen-bond acceptors (Lipinski definition) is 3. The zero-order valence-corrected chi connectivity index (χ0v) is 16.9. The van der Waals surface area contributed by atoms with Gasteiger partial charge in [-0.15, -0.1) is 0 Å². The molecule has 150 valence electrons. The Kier molecular flexibility index (Phi) is 8.16. The summed E-state index contributed by atoms with van der Waals surface area (Å²) in [7, 11) is 0. The molecule has 3 aromatic carbocycles. The van der Waals surface area contributed by atoms with Gasteiger partial charge < -0.3 is 10.8 Å². The van der Waals surface area contributed by atoms with Crippen LogP contribution in [0.1, 0.15) is 51.3 Å². The fourth-order valence-electron chi connectivity index (χ4n) is 2.78. The van der Waals surface area contributed by atoms with E-state index >= 15 is 0 Å². The molecule has 0 aromatic heterocycles. The van der Waals surface area contributed by atoms with Gasteiger partial charge in [-0.1, -0.05) is 68.4 Å². The van der Waals surface area contributed by atoms with Gasteiger partial charge in [0, 0.05) is 17.7 Å². The summed E-state index contributed by atoms with van der Waals surface area (Å²) in [5.74, 6) is -0.761. The summed E-state index contributed by atoms with van der Waals surface area (Å²) >= 11 is 0. The number of ketones is 1. The largest absolute Gasteiger partial charge is 0.478 e. The lowest BCUT2D eigenvalue weighted by Gasteiger charge is -2.05. The van der Waals surface area contributed by atoms with Crippen molar-refractivity contribution in [1.29, 1.82) is 0 Å². The van der Waals surface area contributed by atoms with Gasteiger partial charge in [-0.05, 0) is 47.7 Å². The highest BCUT2D eigenvalue weighted by atomic mass is 16.4. The van der Waals surface area contributed by atoms with Crippen LogP contribution in [0.3, 0.4) is 0 Å². The van der Waals surface area contributed by atoms with Crippen LogP contribution in [-0.4, -0.2) is 16.9 Å². The molecule has 0 heterocycles. The van der Waals surface area contributed by atoms with Crippen LogP contribution in [0.15, 0.2) is 72.8 Å². The van der Waals surface area contributed by atoms with Crippen molar-refractivity contribution in [2.45, 2.75) is 33.1 Å². The number of carboxylic acids is 1. The molecule has 3 rings (SSSR count). The van der Waals surface area contributed by atoms with E-state index in [1.807, 2.05) is 67.6 Å². The molecular weight excluding hydrogens is 362 g/mol. The minimum absolute atomic E-state index is 0.107. The number of nitrogens with two attached hydrogens (primary N) is 1. The molecule has 29 heavy (non-hydrogen) atoms. The van der Waals surface area contributed by atoms with Crippen molar-refractivity contribution in [1.82, 2.24) is 0 Å². The molecule has 0 spiro atoms. The van der Waals surface area contributed by atoms with Crippen LogP contribution >= 0.6 is 0 Å². The Bertz CT molecular complexity index is 945. The first-order chi connectivity index (χ1) is 13.9. The first-order valence-corrected chi connectivity index (χ1v) is 9.72. The number of benzene rings is 3. The highest BCUT2D eigenvalue weighted by molar-refractivity contribution is 5.98. The van der Waals surface area contributed by atoms with Crippen LogP contribution in [0.4, 0.5) is 5.69 Å². The molecule has 0 radical (unpaired) electrons. The standard InChI is InChI=1S/C16H17NO.C9H10O2/c1-2-12-7-9-13(10-8-12)16(18)11-14-5-3-4-6-15(14)17;1-2-7-3-5-8(6-4-7)9(10)11/h3-10H,2,11,17H2,1H3;3-6H,2H2,1H3,(H,10,11). The maximum Gasteiger partial charge on any atom is 0.335 e. The number of carbonyl (C=O) groups excluding carboxylic acids is 1. The topological polar surface area (TPSA) is 80.4 Å². The lowest BCUT2D eigenvalue weighted by Crippen LogP contribution is -2.05. The van der Waals surface area contributed by atoms with E-state index in [0.717, 1.165) is 29.5 Å². The third-order valence-electron chi connectivity index (χ3n) is 4.70. The Hall–Kier alpha value is -3.40. The average molecular weight is 389 g/mol. The Morgan fingerprint density at radius 2 is 1.24 bits per heavy atom. The SMILES string of the molecule is CCc1ccc(C(=O)Cc2ccccc2N)cc1.CCc1ccc(C(=O)O)cc1.